The first kappa shape index (κ1) is 33.2. The van der Waals surface area contributed by atoms with Crippen LogP contribution >= 0.6 is 0 Å². The van der Waals surface area contributed by atoms with E-state index in [0.29, 0.717) is 17.4 Å². The largest absolute Gasteiger partial charge is 0.453 e. The second-order valence-corrected chi connectivity index (χ2v) is 16.0. The van der Waals surface area contributed by atoms with Crippen LogP contribution in [0, 0.1) is 23.6 Å². The van der Waals surface area contributed by atoms with E-state index in [0.717, 1.165) is 88.9 Å². The fourth-order valence-corrected chi connectivity index (χ4v) is 10.2. The Bertz CT molecular complexity index is 1440. The normalized spacial score (nSPS) is 24.4. The van der Waals surface area contributed by atoms with E-state index >= 15 is 0 Å². The molecule has 2 heterocycles. The number of carbonyl (C=O) groups is 1. The molecule has 3 atom stereocenters. The zero-order chi connectivity index (χ0) is 32.3. The molecule has 0 unspecified atom stereocenters. The molecule has 2 aromatic rings. The van der Waals surface area contributed by atoms with Crippen LogP contribution in [0.2, 0.25) is 0 Å². The number of halogens is 2. The number of amides is 1. The lowest BCUT2D eigenvalue weighted by Gasteiger charge is -2.51. The number of nitrogens with zero attached hydrogens (tertiary/aromatic N) is 2. The van der Waals surface area contributed by atoms with Gasteiger partial charge in [0.2, 0.25) is 0 Å². The highest BCUT2D eigenvalue weighted by Gasteiger charge is 2.52. The molecule has 6 rings (SSSR count). The van der Waals surface area contributed by atoms with Crippen LogP contribution in [0.5, 0.6) is 0 Å². The number of hydrogen-bond donors (Lipinski definition) is 2. The number of sulfone groups is 1. The molecule has 2 aliphatic heterocycles. The number of hydrogen-bond acceptors (Lipinski definition) is 7. The van der Waals surface area contributed by atoms with Crippen molar-refractivity contribution in [3.05, 3.63) is 59.9 Å². The van der Waals surface area contributed by atoms with Crippen molar-refractivity contribution in [3.63, 3.8) is 0 Å². The molecule has 4 fully saturated rings. The van der Waals surface area contributed by atoms with E-state index < -0.39 is 28.0 Å². The number of benzene rings is 2. The Morgan fingerprint density at radius 3 is 2.41 bits per heavy atom. The van der Waals surface area contributed by atoms with Crippen molar-refractivity contribution in [1.29, 1.82) is 0 Å². The second-order valence-electron chi connectivity index (χ2n) is 13.8. The summed E-state index contributed by atoms with van der Waals surface area (Å²) in [6, 6.07) is 14.2. The Balaban J connectivity index is 1.12. The number of ether oxygens (including phenoxy) is 1. The van der Waals surface area contributed by atoms with E-state index in [-0.39, 0.29) is 35.5 Å². The molecule has 252 valence electrons. The number of carbonyl (C=O) groups excluding carboxylic acids is 1. The van der Waals surface area contributed by atoms with Gasteiger partial charge >= 0.3 is 6.09 Å². The highest BCUT2D eigenvalue weighted by atomic mass is 32.2. The smallest absolute Gasteiger partial charge is 0.407 e. The fourth-order valence-electron chi connectivity index (χ4n) is 8.54. The van der Waals surface area contributed by atoms with Gasteiger partial charge in [-0.25, -0.2) is 22.0 Å². The first-order valence-electron chi connectivity index (χ1n) is 16.9. The molecular formula is C35H48F2N4O4S. The molecule has 2 saturated heterocycles. The first-order chi connectivity index (χ1) is 22.2. The maximum absolute atomic E-state index is 14.8. The summed E-state index contributed by atoms with van der Waals surface area (Å²) in [6.45, 7) is 5.01. The van der Waals surface area contributed by atoms with Gasteiger partial charge in [-0.05, 0) is 105 Å². The SMILES string of the molecule is COC(=O)N[C@H]1CCC[C@@H]1[C@](CNCCF)(c1cccc(F)c1)C1CCN(CC2CN(c3ccc(S(=O)(=O)C4CC4)cc3)C2)CC1. The van der Waals surface area contributed by atoms with Crippen LogP contribution in [0.3, 0.4) is 0 Å². The van der Waals surface area contributed by atoms with Crippen LogP contribution < -0.4 is 15.5 Å². The lowest BCUT2D eigenvalue weighted by atomic mass is 9.58. The predicted molar refractivity (Wildman–Crippen MR) is 175 cm³/mol. The molecule has 0 bridgehead atoms. The summed E-state index contributed by atoms with van der Waals surface area (Å²) in [6.07, 6.45) is 5.63. The summed E-state index contributed by atoms with van der Waals surface area (Å²) in [4.78, 5) is 17.6. The molecule has 1 amide bonds. The van der Waals surface area contributed by atoms with E-state index in [1.54, 1.807) is 24.3 Å². The number of alkyl carbamates (subject to hydrolysis) is 1. The van der Waals surface area contributed by atoms with Crippen LogP contribution in [-0.2, 0) is 20.0 Å². The molecule has 2 aromatic carbocycles. The first-order valence-corrected chi connectivity index (χ1v) is 18.5. The molecule has 2 N–H and O–H groups in total. The lowest BCUT2D eigenvalue weighted by Crippen LogP contribution is -2.58. The van der Waals surface area contributed by atoms with Gasteiger partial charge in [0.25, 0.3) is 0 Å². The Hall–Kier alpha value is -2.76. The van der Waals surface area contributed by atoms with Gasteiger partial charge in [-0.3, -0.25) is 0 Å². The number of nitrogens with one attached hydrogen (secondary N) is 2. The van der Waals surface area contributed by atoms with Gasteiger partial charge in [-0.15, -0.1) is 0 Å². The highest BCUT2D eigenvalue weighted by molar-refractivity contribution is 7.92. The van der Waals surface area contributed by atoms with Crippen molar-refractivity contribution in [1.82, 2.24) is 15.5 Å². The van der Waals surface area contributed by atoms with Crippen LogP contribution in [0.1, 0.15) is 50.5 Å². The average Bonchev–Trinajstić information content (AvgIpc) is 3.82. The molecule has 11 heteroatoms. The molecule has 2 aliphatic carbocycles. The third-order valence-corrected chi connectivity index (χ3v) is 13.3. The Morgan fingerprint density at radius 1 is 1.02 bits per heavy atom. The summed E-state index contributed by atoms with van der Waals surface area (Å²) in [5.41, 5.74) is 1.52. The maximum Gasteiger partial charge on any atom is 0.407 e. The van der Waals surface area contributed by atoms with Gasteiger partial charge < -0.3 is 25.2 Å². The summed E-state index contributed by atoms with van der Waals surface area (Å²) in [5.74, 6) is 0.539. The maximum atomic E-state index is 14.8. The predicted octanol–water partition coefficient (Wildman–Crippen LogP) is 4.93. The molecule has 4 aliphatic rings. The van der Waals surface area contributed by atoms with E-state index in [1.807, 2.05) is 18.2 Å². The molecular weight excluding hydrogens is 610 g/mol. The van der Waals surface area contributed by atoms with Gasteiger partial charge in [0.1, 0.15) is 12.5 Å². The van der Waals surface area contributed by atoms with Crippen LogP contribution in [-0.4, -0.2) is 90.3 Å². The number of anilines is 1. The summed E-state index contributed by atoms with van der Waals surface area (Å²) >= 11 is 0. The summed E-state index contributed by atoms with van der Waals surface area (Å²) in [7, 11) is -1.80. The third kappa shape index (κ3) is 6.92. The zero-order valence-corrected chi connectivity index (χ0v) is 27.6. The van der Waals surface area contributed by atoms with E-state index in [4.69, 9.17) is 4.74 Å². The molecule has 0 radical (unpaired) electrons. The number of rotatable bonds is 13. The Kier molecular flexibility index (Phi) is 10.2. The highest BCUT2D eigenvalue weighted by Crippen LogP contribution is 2.50. The van der Waals surface area contributed by atoms with E-state index in [2.05, 4.69) is 20.4 Å². The van der Waals surface area contributed by atoms with Crippen molar-refractivity contribution in [2.24, 2.45) is 17.8 Å². The van der Waals surface area contributed by atoms with Gasteiger partial charge in [0.05, 0.1) is 17.3 Å². The molecule has 46 heavy (non-hydrogen) atoms. The Labute approximate surface area is 272 Å². The van der Waals surface area contributed by atoms with Gasteiger partial charge in [0, 0.05) is 55.8 Å². The van der Waals surface area contributed by atoms with E-state index in [1.165, 1.54) is 13.2 Å². The second kappa shape index (κ2) is 14.2. The average molecular weight is 659 g/mol. The summed E-state index contributed by atoms with van der Waals surface area (Å²) < 4.78 is 58.2. The minimum Gasteiger partial charge on any atom is -0.453 e. The van der Waals surface area contributed by atoms with Gasteiger partial charge in [0.15, 0.2) is 9.84 Å². The molecule has 0 spiro atoms. The monoisotopic (exact) mass is 658 g/mol. The Morgan fingerprint density at radius 2 is 1.76 bits per heavy atom. The zero-order valence-electron chi connectivity index (χ0n) is 26.8. The van der Waals surface area contributed by atoms with Crippen LogP contribution in [0.25, 0.3) is 0 Å². The molecule has 8 nitrogen and oxygen atoms in total. The van der Waals surface area contributed by atoms with Gasteiger partial charge in [-0.2, -0.15) is 0 Å². The summed E-state index contributed by atoms with van der Waals surface area (Å²) in [5, 5.41) is 6.25. The number of piperidine rings is 1. The van der Waals surface area contributed by atoms with E-state index in [9.17, 15) is 22.0 Å². The van der Waals surface area contributed by atoms with Crippen molar-refractivity contribution < 1.29 is 26.7 Å². The minimum absolute atomic E-state index is 0.0582. The molecule has 0 aromatic heterocycles. The van der Waals surface area contributed by atoms with Crippen LogP contribution in [0.15, 0.2) is 53.4 Å². The molecule has 2 saturated carbocycles. The number of methoxy groups -OCH3 is 1. The van der Waals surface area contributed by atoms with Crippen molar-refractivity contribution >= 4 is 21.6 Å². The lowest BCUT2D eigenvalue weighted by molar-refractivity contribution is 0.0651. The topological polar surface area (TPSA) is 91.0 Å². The minimum atomic E-state index is -3.17. The van der Waals surface area contributed by atoms with Crippen molar-refractivity contribution in [2.45, 2.75) is 66.5 Å². The van der Waals surface area contributed by atoms with Crippen molar-refractivity contribution in [3.8, 4) is 0 Å². The van der Waals surface area contributed by atoms with Crippen molar-refractivity contribution in [2.75, 3.05) is 64.5 Å². The van der Waals surface area contributed by atoms with Crippen LogP contribution in [0.4, 0.5) is 19.3 Å². The number of alkyl halides is 1. The fraction of sp³-hybridized carbons (Fsp3) is 0.629. The number of likely N-dealkylation sites (tertiary alicyclic amines) is 1. The third-order valence-electron chi connectivity index (χ3n) is 11.0. The van der Waals surface area contributed by atoms with Gasteiger partial charge in [-0.1, -0.05) is 18.6 Å². The standard InChI is InChI=1S/C35H48F2N4O4S/c1-45-34(42)39-33-7-3-6-32(33)35(24-38-17-16-36,27-4-2-5-28(37)20-27)26-14-18-40(19-15-26)21-25-22-41(23-25)29-8-10-30(11-9-29)46(43,44)31-12-13-31/h2,4-5,8-11,20,25-26,31-33,38H,3,6-7,12-19,21-24H2,1H3,(H,39,42)/t32-,33-,35-/m0/s1. The quantitative estimate of drug-likeness (QED) is 0.295.